The summed E-state index contributed by atoms with van der Waals surface area (Å²) >= 11 is 0. The van der Waals surface area contributed by atoms with Crippen LogP contribution in [0.3, 0.4) is 0 Å². The Morgan fingerprint density at radius 2 is 2.05 bits per heavy atom. The second-order valence-corrected chi connectivity index (χ2v) is 5.09. The first kappa shape index (κ1) is 20.2. The molecule has 6 nitrogen and oxygen atoms in total. The molecule has 122 valence electrons. The summed E-state index contributed by atoms with van der Waals surface area (Å²) in [4.78, 5) is 4.21. The highest BCUT2D eigenvalue weighted by Crippen LogP contribution is 2.22. The van der Waals surface area contributed by atoms with Crippen molar-refractivity contribution in [3.63, 3.8) is 0 Å². The first-order chi connectivity index (χ1) is 9.49. The number of aromatic nitrogens is 1. The van der Waals surface area contributed by atoms with Crippen LogP contribution in [0.25, 0.3) is 0 Å². The van der Waals surface area contributed by atoms with Crippen molar-refractivity contribution in [3.8, 4) is 0 Å². The molecule has 0 saturated carbocycles. The fourth-order valence-corrected chi connectivity index (χ4v) is 2.27. The number of ether oxygens (including phenoxy) is 1. The highest BCUT2D eigenvalue weighted by atomic mass is 127. The monoisotopic (exact) mass is 410 g/mol. The van der Waals surface area contributed by atoms with Crippen LogP contribution < -0.4 is 10.6 Å². The minimum atomic E-state index is 0. The van der Waals surface area contributed by atoms with E-state index in [1.54, 1.807) is 14.2 Å². The molecule has 1 aromatic heterocycles. The highest BCUT2D eigenvalue weighted by molar-refractivity contribution is 14.0. The van der Waals surface area contributed by atoms with Crippen molar-refractivity contribution in [3.05, 3.63) is 17.0 Å². The van der Waals surface area contributed by atoms with Gasteiger partial charge in [0.25, 0.3) is 0 Å². The first-order valence-corrected chi connectivity index (χ1v) is 6.88. The molecule has 21 heavy (non-hydrogen) atoms. The van der Waals surface area contributed by atoms with Crippen LogP contribution in [-0.4, -0.2) is 44.5 Å². The van der Waals surface area contributed by atoms with Gasteiger partial charge >= 0.3 is 0 Å². The minimum absolute atomic E-state index is 0. The summed E-state index contributed by atoms with van der Waals surface area (Å²) in [5.74, 6) is 1.96. The highest BCUT2D eigenvalue weighted by Gasteiger charge is 2.16. The number of hydrogen-bond donors (Lipinski definition) is 2. The molecule has 0 aliphatic heterocycles. The third kappa shape index (κ3) is 6.21. The van der Waals surface area contributed by atoms with Gasteiger partial charge in [0.15, 0.2) is 5.96 Å². The molecule has 0 bridgehead atoms. The molecule has 1 aromatic rings. The molecular formula is C14H27IN4O2. The van der Waals surface area contributed by atoms with Gasteiger partial charge in [0.05, 0.1) is 12.3 Å². The van der Waals surface area contributed by atoms with E-state index in [0.717, 1.165) is 29.5 Å². The largest absolute Gasteiger partial charge is 0.383 e. The molecule has 1 rings (SSSR count). The lowest BCUT2D eigenvalue weighted by molar-refractivity contribution is 0.179. The quantitative estimate of drug-likeness (QED) is 0.428. The van der Waals surface area contributed by atoms with Crippen molar-refractivity contribution in [1.29, 1.82) is 0 Å². The lowest BCUT2D eigenvalue weighted by Crippen LogP contribution is -2.44. The maximum absolute atomic E-state index is 5.21. The number of aliphatic imine (C=N–C) groups is 1. The second-order valence-electron chi connectivity index (χ2n) is 5.09. The number of aryl methyl sites for hydroxylation is 2. The van der Waals surface area contributed by atoms with Crippen LogP contribution in [0.2, 0.25) is 0 Å². The number of hydrogen-bond acceptors (Lipinski definition) is 4. The predicted octanol–water partition coefficient (Wildman–Crippen LogP) is 2.21. The van der Waals surface area contributed by atoms with Crippen LogP contribution in [0, 0.1) is 13.8 Å². The van der Waals surface area contributed by atoms with E-state index in [9.17, 15) is 0 Å². The van der Waals surface area contributed by atoms with Gasteiger partial charge in [-0.1, -0.05) is 12.1 Å². The summed E-state index contributed by atoms with van der Waals surface area (Å²) in [6, 6.07) is 0.209. The summed E-state index contributed by atoms with van der Waals surface area (Å²) in [7, 11) is 3.45. The summed E-state index contributed by atoms with van der Waals surface area (Å²) in [6.07, 6.45) is 0. The Kier molecular flexibility index (Phi) is 9.60. The van der Waals surface area contributed by atoms with Gasteiger partial charge < -0.3 is 19.9 Å². The van der Waals surface area contributed by atoms with E-state index in [-0.39, 0.29) is 30.0 Å². The van der Waals surface area contributed by atoms with E-state index < -0.39 is 0 Å². The van der Waals surface area contributed by atoms with Crippen LogP contribution >= 0.6 is 24.0 Å². The molecule has 7 heteroatoms. The summed E-state index contributed by atoms with van der Waals surface area (Å²) in [5.41, 5.74) is 2.12. The zero-order chi connectivity index (χ0) is 15.1. The molecule has 0 fully saturated rings. The number of guanidine groups is 1. The Bertz CT molecular complexity index is 429. The Morgan fingerprint density at radius 1 is 1.38 bits per heavy atom. The van der Waals surface area contributed by atoms with Crippen molar-refractivity contribution < 1.29 is 9.26 Å². The van der Waals surface area contributed by atoms with Crippen molar-refractivity contribution in [2.45, 2.75) is 39.7 Å². The number of nitrogens with zero attached hydrogens (tertiary/aromatic N) is 2. The molecule has 0 amide bonds. The molecule has 0 aliphatic carbocycles. The topological polar surface area (TPSA) is 71.7 Å². The fourth-order valence-electron chi connectivity index (χ4n) is 2.27. The molecular weight excluding hydrogens is 383 g/mol. The zero-order valence-electron chi connectivity index (χ0n) is 13.7. The summed E-state index contributed by atoms with van der Waals surface area (Å²) in [5, 5.41) is 10.6. The lowest BCUT2D eigenvalue weighted by atomic mass is 10.00. The zero-order valence-corrected chi connectivity index (χ0v) is 16.0. The lowest BCUT2D eigenvalue weighted by Gasteiger charge is -2.19. The third-order valence-corrected chi connectivity index (χ3v) is 3.18. The van der Waals surface area contributed by atoms with Crippen molar-refractivity contribution in [2.75, 3.05) is 27.3 Å². The van der Waals surface area contributed by atoms with Crippen LogP contribution in [0.1, 0.15) is 36.8 Å². The Hall–Kier alpha value is -0.830. The van der Waals surface area contributed by atoms with E-state index >= 15 is 0 Å². The normalized spacial score (nSPS) is 14.3. The van der Waals surface area contributed by atoms with Gasteiger partial charge in [0.2, 0.25) is 0 Å². The van der Waals surface area contributed by atoms with Gasteiger partial charge in [-0.05, 0) is 20.8 Å². The number of methoxy groups -OCH3 is 1. The molecule has 0 spiro atoms. The van der Waals surface area contributed by atoms with Crippen molar-refractivity contribution >= 4 is 29.9 Å². The van der Waals surface area contributed by atoms with Crippen molar-refractivity contribution in [2.24, 2.45) is 4.99 Å². The molecule has 1 heterocycles. The molecule has 0 radical (unpaired) electrons. The summed E-state index contributed by atoms with van der Waals surface area (Å²) in [6.45, 7) is 9.51. The minimum Gasteiger partial charge on any atom is -0.383 e. The molecule has 0 aliphatic rings. The van der Waals surface area contributed by atoms with Crippen LogP contribution in [-0.2, 0) is 4.74 Å². The maximum Gasteiger partial charge on any atom is 0.191 e. The van der Waals surface area contributed by atoms with Crippen LogP contribution in [0.15, 0.2) is 9.52 Å². The van der Waals surface area contributed by atoms with Crippen LogP contribution in [0.5, 0.6) is 0 Å². The van der Waals surface area contributed by atoms with E-state index in [2.05, 4.69) is 27.7 Å². The number of halogens is 1. The van der Waals surface area contributed by atoms with Crippen molar-refractivity contribution in [1.82, 2.24) is 15.8 Å². The van der Waals surface area contributed by atoms with Gasteiger partial charge in [-0.3, -0.25) is 4.99 Å². The smallest absolute Gasteiger partial charge is 0.191 e. The number of nitrogens with one attached hydrogen (secondary N) is 2. The van der Waals surface area contributed by atoms with E-state index in [1.807, 2.05) is 20.8 Å². The van der Waals surface area contributed by atoms with Gasteiger partial charge in [0, 0.05) is 38.2 Å². The average Bonchev–Trinajstić information content (AvgIpc) is 2.74. The predicted molar refractivity (Wildman–Crippen MR) is 95.6 cm³/mol. The summed E-state index contributed by atoms with van der Waals surface area (Å²) < 4.78 is 10.3. The van der Waals surface area contributed by atoms with Gasteiger partial charge in [0.1, 0.15) is 5.76 Å². The molecule has 2 N–H and O–H groups in total. The second kappa shape index (κ2) is 9.99. The van der Waals surface area contributed by atoms with E-state index in [0.29, 0.717) is 12.5 Å². The SMILES string of the molecule is CN=C(NCC(C)c1c(C)noc1C)NC(C)COC.I. The maximum atomic E-state index is 5.21. The van der Waals surface area contributed by atoms with E-state index in [1.165, 1.54) is 0 Å². The van der Waals surface area contributed by atoms with Gasteiger partial charge in [-0.2, -0.15) is 0 Å². The Labute approximate surface area is 144 Å². The molecule has 0 aromatic carbocycles. The van der Waals surface area contributed by atoms with Gasteiger partial charge in [-0.25, -0.2) is 0 Å². The average molecular weight is 410 g/mol. The van der Waals surface area contributed by atoms with Crippen LogP contribution in [0.4, 0.5) is 0 Å². The standard InChI is InChI=1S/C14H26N4O2.HI/c1-9(13-11(3)18-20-12(13)4)7-16-14(15-5)17-10(2)8-19-6;/h9-10H,7-8H2,1-6H3,(H2,15,16,17);1H. The first-order valence-electron chi connectivity index (χ1n) is 6.88. The van der Waals surface area contributed by atoms with Gasteiger partial charge in [-0.15, -0.1) is 24.0 Å². The Morgan fingerprint density at radius 3 is 2.52 bits per heavy atom. The number of rotatable bonds is 6. The molecule has 2 unspecified atom stereocenters. The third-order valence-electron chi connectivity index (χ3n) is 3.18. The Balaban J connectivity index is 0.00000400. The molecule has 2 atom stereocenters. The fraction of sp³-hybridized carbons (Fsp3) is 0.714. The molecule has 0 saturated heterocycles. The van der Waals surface area contributed by atoms with E-state index in [4.69, 9.17) is 9.26 Å².